The van der Waals surface area contributed by atoms with Gasteiger partial charge in [-0.1, -0.05) is 6.92 Å². The van der Waals surface area contributed by atoms with Crippen LogP contribution in [0.2, 0.25) is 0 Å². The monoisotopic (exact) mass is 176 g/mol. The van der Waals surface area contributed by atoms with Crippen LogP contribution in [0.5, 0.6) is 0 Å². The third-order valence-electron chi connectivity index (χ3n) is 2.13. The first kappa shape index (κ1) is 8.30. The maximum Gasteiger partial charge on any atom is 0.123 e. The minimum atomic E-state index is -0.181. The lowest BCUT2D eigenvalue weighted by Gasteiger charge is -2.01. The zero-order valence-corrected chi connectivity index (χ0v) is 7.33. The molecule has 0 saturated heterocycles. The minimum Gasteiger partial charge on any atom is -0.347 e. The summed E-state index contributed by atoms with van der Waals surface area (Å²) >= 11 is 0. The highest BCUT2D eigenvalue weighted by molar-refractivity contribution is 5.80. The zero-order valence-electron chi connectivity index (χ0n) is 7.33. The van der Waals surface area contributed by atoms with E-state index in [0.29, 0.717) is 0 Å². The number of hydrogen-bond donors (Lipinski definition) is 0. The Kier molecular flexibility index (Phi) is 2.05. The standard InChI is InChI=1S/C11H11FN/c1-2-6-13-7-5-9-8-10(12)3-4-11(9)13/h3-5,7-8H,1-2,6H2. The smallest absolute Gasteiger partial charge is 0.123 e. The molecule has 13 heavy (non-hydrogen) atoms. The molecule has 0 saturated carbocycles. The molecule has 0 N–H and O–H groups in total. The van der Waals surface area contributed by atoms with Crippen molar-refractivity contribution in [3.63, 3.8) is 0 Å². The zero-order chi connectivity index (χ0) is 9.26. The fraction of sp³-hybridized carbons (Fsp3) is 0.182. The van der Waals surface area contributed by atoms with E-state index >= 15 is 0 Å². The Morgan fingerprint density at radius 3 is 2.92 bits per heavy atom. The Bertz CT molecular complexity index is 417. The van der Waals surface area contributed by atoms with Crippen molar-refractivity contribution < 1.29 is 4.39 Å². The molecule has 0 bridgehead atoms. The molecule has 2 aromatic rings. The quantitative estimate of drug-likeness (QED) is 0.662. The van der Waals surface area contributed by atoms with Gasteiger partial charge in [-0.2, -0.15) is 0 Å². The SMILES string of the molecule is [CH2]CCn1ccc2cc(F)ccc21. The summed E-state index contributed by atoms with van der Waals surface area (Å²) in [5.74, 6) is -0.181. The summed E-state index contributed by atoms with van der Waals surface area (Å²) in [6.07, 6.45) is 2.82. The predicted molar refractivity (Wildman–Crippen MR) is 51.9 cm³/mol. The van der Waals surface area contributed by atoms with Crippen molar-refractivity contribution in [3.05, 3.63) is 43.2 Å². The van der Waals surface area contributed by atoms with Crippen molar-refractivity contribution in [1.29, 1.82) is 0 Å². The van der Waals surface area contributed by atoms with Crippen LogP contribution in [0.1, 0.15) is 6.42 Å². The van der Waals surface area contributed by atoms with Gasteiger partial charge in [-0.05, 0) is 30.7 Å². The van der Waals surface area contributed by atoms with Gasteiger partial charge in [0.15, 0.2) is 0 Å². The normalized spacial score (nSPS) is 10.9. The maximum atomic E-state index is 12.8. The Labute approximate surface area is 76.8 Å². The molecule has 0 aliphatic carbocycles. The fourth-order valence-corrected chi connectivity index (χ4v) is 1.54. The molecule has 2 rings (SSSR count). The van der Waals surface area contributed by atoms with E-state index in [1.807, 2.05) is 12.3 Å². The molecule has 0 fully saturated rings. The van der Waals surface area contributed by atoms with Gasteiger partial charge in [0, 0.05) is 23.6 Å². The molecule has 67 valence electrons. The first-order valence-electron chi connectivity index (χ1n) is 4.35. The van der Waals surface area contributed by atoms with E-state index in [2.05, 4.69) is 11.5 Å². The van der Waals surface area contributed by atoms with E-state index in [1.165, 1.54) is 6.07 Å². The van der Waals surface area contributed by atoms with Crippen molar-refractivity contribution in [2.24, 2.45) is 0 Å². The molecular weight excluding hydrogens is 165 g/mol. The summed E-state index contributed by atoms with van der Waals surface area (Å²) in [6, 6.07) is 6.77. The van der Waals surface area contributed by atoms with Crippen molar-refractivity contribution in [2.45, 2.75) is 13.0 Å². The van der Waals surface area contributed by atoms with Gasteiger partial charge in [-0.25, -0.2) is 4.39 Å². The third kappa shape index (κ3) is 1.44. The number of benzene rings is 1. The molecule has 0 spiro atoms. The highest BCUT2D eigenvalue weighted by Crippen LogP contribution is 2.17. The van der Waals surface area contributed by atoms with Crippen LogP contribution in [0.3, 0.4) is 0 Å². The fourth-order valence-electron chi connectivity index (χ4n) is 1.54. The van der Waals surface area contributed by atoms with E-state index in [9.17, 15) is 4.39 Å². The van der Waals surface area contributed by atoms with E-state index < -0.39 is 0 Å². The Balaban J connectivity index is 2.55. The average molecular weight is 176 g/mol. The van der Waals surface area contributed by atoms with Gasteiger partial charge in [0.25, 0.3) is 0 Å². The summed E-state index contributed by atoms with van der Waals surface area (Å²) in [5.41, 5.74) is 1.07. The summed E-state index contributed by atoms with van der Waals surface area (Å²) in [5, 5.41) is 0.952. The number of hydrogen-bond acceptors (Lipinski definition) is 0. The molecule has 1 radical (unpaired) electrons. The van der Waals surface area contributed by atoms with Crippen molar-refractivity contribution in [2.75, 3.05) is 0 Å². The van der Waals surface area contributed by atoms with E-state index in [1.54, 1.807) is 12.1 Å². The van der Waals surface area contributed by atoms with Crippen LogP contribution in [0.15, 0.2) is 30.5 Å². The van der Waals surface area contributed by atoms with E-state index in [-0.39, 0.29) is 5.82 Å². The number of nitrogens with zero attached hydrogens (tertiary/aromatic N) is 1. The Hall–Kier alpha value is -1.31. The third-order valence-corrected chi connectivity index (χ3v) is 2.13. The first-order valence-corrected chi connectivity index (χ1v) is 4.35. The number of fused-ring (bicyclic) bond motifs is 1. The van der Waals surface area contributed by atoms with E-state index in [4.69, 9.17) is 0 Å². The van der Waals surface area contributed by atoms with Gasteiger partial charge in [0.05, 0.1) is 0 Å². The number of aromatic nitrogens is 1. The number of rotatable bonds is 2. The second-order valence-corrected chi connectivity index (χ2v) is 3.07. The molecule has 0 unspecified atom stereocenters. The Morgan fingerprint density at radius 2 is 2.15 bits per heavy atom. The summed E-state index contributed by atoms with van der Waals surface area (Å²) in [4.78, 5) is 0. The summed E-state index contributed by atoms with van der Waals surface area (Å²) in [7, 11) is 0. The van der Waals surface area contributed by atoms with Crippen molar-refractivity contribution in [3.8, 4) is 0 Å². The predicted octanol–water partition coefficient (Wildman–Crippen LogP) is 3.00. The molecule has 1 aromatic heterocycles. The largest absolute Gasteiger partial charge is 0.347 e. The van der Waals surface area contributed by atoms with Crippen LogP contribution in [0.4, 0.5) is 4.39 Å². The molecule has 1 nitrogen and oxygen atoms in total. The average Bonchev–Trinajstić information content (AvgIpc) is 2.49. The molecule has 0 aliphatic rings. The number of halogens is 1. The minimum absolute atomic E-state index is 0.181. The summed E-state index contributed by atoms with van der Waals surface area (Å²) in [6.45, 7) is 4.67. The topological polar surface area (TPSA) is 4.93 Å². The highest BCUT2D eigenvalue weighted by Gasteiger charge is 2.00. The van der Waals surface area contributed by atoms with Crippen LogP contribution < -0.4 is 0 Å². The molecular formula is C11H11FN. The molecule has 0 atom stereocenters. The van der Waals surface area contributed by atoms with Gasteiger partial charge < -0.3 is 4.57 Å². The van der Waals surface area contributed by atoms with Crippen LogP contribution in [0.25, 0.3) is 10.9 Å². The lowest BCUT2D eigenvalue weighted by atomic mass is 10.2. The van der Waals surface area contributed by atoms with Gasteiger partial charge >= 0.3 is 0 Å². The number of aryl methyl sites for hydroxylation is 1. The molecule has 1 heterocycles. The highest BCUT2D eigenvalue weighted by atomic mass is 19.1. The molecule has 0 amide bonds. The molecule has 2 heteroatoms. The van der Waals surface area contributed by atoms with Crippen molar-refractivity contribution in [1.82, 2.24) is 4.57 Å². The van der Waals surface area contributed by atoms with Gasteiger partial charge in [-0.15, -0.1) is 0 Å². The van der Waals surface area contributed by atoms with Crippen LogP contribution in [-0.4, -0.2) is 4.57 Å². The lowest BCUT2D eigenvalue weighted by molar-refractivity contribution is 0.629. The van der Waals surface area contributed by atoms with Gasteiger partial charge in [0.2, 0.25) is 0 Å². The molecule has 0 aliphatic heterocycles. The van der Waals surface area contributed by atoms with Crippen LogP contribution in [-0.2, 0) is 6.54 Å². The molecule has 1 aromatic carbocycles. The second kappa shape index (κ2) is 3.21. The maximum absolute atomic E-state index is 12.8. The Morgan fingerprint density at radius 1 is 1.31 bits per heavy atom. The van der Waals surface area contributed by atoms with Crippen LogP contribution >= 0.6 is 0 Å². The van der Waals surface area contributed by atoms with Gasteiger partial charge in [-0.3, -0.25) is 0 Å². The van der Waals surface area contributed by atoms with Gasteiger partial charge in [0.1, 0.15) is 5.82 Å². The van der Waals surface area contributed by atoms with Crippen molar-refractivity contribution >= 4 is 10.9 Å². The summed E-state index contributed by atoms with van der Waals surface area (Å²) < 4.78 is 14.9. The first-order chi connectivity index (χ1) is 6.31. The lowest BCUT2D eigenvalue weighted by Crippen LogP contribution is -1.93. The second-order valence-electron chi connectivity index (χ2n) is 3.07. The van der Waals surface area contributed by atoms with Crippen LogP contribution in [0, 0.1) is 12.7 Å². The van der Waals surface area contributed by atoms with E-state index in [0.717, 1.165) is 23.9 Å².